The van der Waals surface area contributed by atoms with Crippen LogP contribution in [0.1, 0.15) is 5.56 Å². The molecule has 0 aliphatic rings. The zero-order valence-electron chi connectivity index (χ0n) is 5.56. The van der Waals surface area contributed by atoms with Gasteiger partial charge >= 0.3 is 0 Å². The van der Waals surface area contributed by atoms with Gasteiger partial charge in [-0.1, -0.05) is 6.07 Å². The van der Waals surface area contributed by atoms with Crippen LogP contribution in [0, 0.1) is 19.1 Å². The van der Waals surface area contributed by atoms with Gasteiger partial charge in [-0.3, -0.25) is 0 Å². The Balaban J connectivity index is 3.01. The van der Waals surface area contributed by atoms with E-state index in [1.165, 1.54) is 0 Å². The molecule has 46 valence electrons. The first-order valence-electron chi connectivity index (χ1n) is 2.77. The minimum atomic E-state index is 0.775. The number of ether oxygens (including phenoxy) is 1. The van der Waals surface area contributed by atoms with Crippen molar-refractivity contribution >= 4 is 0 Å². The fourth-order valence-electron chi connectivity index (χ4n) is 0.660. The SMILES string of the molecule is COc1c#cccc1C. The molecule has 0 amide bonds. The number of hydrogen-bond acceptors (Lipinski definition) is 1. The monoisotopic (exact) mass is 120 g/mol. The lowest BCUT2D eigenvalue weighted by Crippen LogP contribution is -1.83. The molecule has 1 rings (SSSR count). The van der Waals surface area contributed by atoms with Gasteiger partial charge in [-0.15, -0.1) is 0 Å². The maximum Gasteiger partial charge on any atom is 0.172 e. The smallest absolute Gasteiger partial charge is 0.172 e. The highest BCUT2D eigenvalue weighted by Crippen LogP contribution is 2.10. The van der Waals surface area contributed by atoms with Gasteiger partial charge in [0, 0.05) is 5.56 Å². The van der Waals surface area contributed by atoms with Crippen LogP contribution in [0.3, 0.4) is 0 Å². The predicted octanol–water partition coefficient (Wildman–Crippen LogP) is 1.60. The zero-order chi connectivity index (χ0) is 6.69. The van der Waals surface area contributed by atoms with Crippen molar-refractivity contribution in [2.24, 2.45) is 0 Å². The van der Waals surface area contributed by atoms with Crippen LogP contribution in [-0.4, -0.2) is 7.11 Å². The molecule has 0 aliphatic carbocycles. The summed E-state index contributed by atoms with van der Waals surface area (Å²) in [6, 6.07) is 9.40. The Kier molecular flexibility index (Phi) is 1.60. The summed E-state index contributed by atoms with van der Waals surface area (Å²) in [6.45, 7) is 1.98. The van der Waals surface area contributed by atoms with Crippen LogP contribution < -0.4 is 4.74 Å². The van der Waals surface area contributed by atoms with E-state index < -0.39 is 0 Å². The number of methoxy groups -OCH3 is 1. The van der Waals surface area contributed by atoms with Crippen LogP contribution in [0.2, 0.25) is 0 Å². The Labute approximate surface area is 55.3 Å². The molecular weight excluding hydrogens is 112 g/mol. The molecule has 1 aromatic rings. The van der Waals surface area contributed by atoms with E-state index in [-0.39, 0.29) is 0 Å². The quantitative estimate of drug-likeness (QED) is 0.547. The average molecular weight is 120 g/mol. The molecule has 0 fully saturated rings. The topological polar surface area (TPSA) is 9.23 Å². The molecule has 1 heteroatoms. The Hall–Kier alpha value is -1.16. The minimum Gasteiger partial charge on any atom is -0.488 e. The lowest BCUT2D eigenvalue weighted by atomic mass is 10.2. The molecule has 0 saturated heterocycles. The van der Waals surface area contributed by atoms with E-state index in [0.717, 1.165) is 11.3 Å². The lowest BCUT2D eigenvalue weighted by Gasteiger charge is -1.96. The van der Waals surface area contributed by atoms with E-state index in [2.05, 4.69) is 12.1 Å². The third-order valence-corrected chi connectivity index (χ3v) is 1.16. The third kappa shape index (κ3) is 1.14. The van der Waals surface area contributed by atoms with Crippen molar-refractivity contribution in [2.45, 2.75) is 6.92 Å². The molecule has 0 saturated carbocycles. The van der Waals surface area contributed by atoms with Gasteiger partial charge in [-0.25, -0.2) is 0 Å². The van der Waals surface area contributed by atoms with Gasteiger partial charge in [-0.2, -0.15) is 0 Å². The summed E-state index contributed by atoms with van der Waals surface area (Å²) in [6.07, 6.45) is 0. The highest BCUT2D eigenvalue weighted by Gasteiger charge is 1.90. The van der Waals surface area contributed by atoms with Crippen LogP contribution in [0.4, 0.5) is 0 Å². The standard InChI is InChI=1S/C8H8O/c1-7-5-3-4-6-8(7)9-2/h3,5H,1-2H3. The molecule has 0 aliphatic heterocycles. The van der Waals surface area contributed by atoms with Crippen LogP contribution in [0.25, 0.3) is 0 Å². The molecule has 0 radical (unpaired) electrons. The van der Waals surface area contributed by atoms with E-state index in [1.54, 1.807) is 7.11 Å². The fraction of sp³-hybridized carbons (Fsp3) is 0.250. The first-order valence-corrected chi connectivity index (χ1v) is 2.77. The molecule has 0 N–H and O–H groups in total. The molecule has 0 atom stereocenters. The predicted molar refractivity (Wildman–Crippen MR) is 35.4 cm³/mol. The van der Waals surface area contributed by atoms with Crippen molar-refractivity contribution in [3.8, 4) is 5.75 Å². The van der Waals surface area contributed by atoms with Gasteiger partial charge < -0.3 is 4.74 Å². The lowest BCUT2D eigenvalue weighted by molar-refractivity contribution is 0.412. The first-order chi connectivity index (χ1) is 4.34. The van der Waals surface area contributed by atoms with E-state index in [0.29, 0.717) is 0 Å². The normalized spacial score (nSPS) is 8.22. The van der Waals surface area contributed by atoms with Crippen molar-refractivity contribution < 1.29 is 4.74 Å². The molecule has 0 bridgehead atoms. The van der Waals surface area contributed by atoms with Crippen LogP contribution >= 0.6 is 0 Å². The summed E-state index contributed by atoms with van der Waals surface area (Å²) in [7, 11) is 1.63. The molecule has 1 nitrogen and oxygen atoms in total. The van der Waals surface area contributed by atoms with Crippen molar-refractivity contribution in [3.63, 3.8) is 0 Å². The van der Waals surface area contributed by atoms with E-state index in [9.17, 15) is 0 Å². The average Bonchev–Trinajstić information content (AvgIpc) is 1.89. The van der Waals surface area contributed by atoms with Gasteiger partial charge in [0.1, 0.15) is 0 Å². The molecule has 9 heavy (non-hydrogen) atoms. The molecular formula is C8H8O. The fourth-order valence-corrected chi connectivity index (χ4v) is 0.660. The summed E-state index contributed by atoms with van der Waals surface area (Å²) in [5.74, 6) is 0.775. The van der Waals surface area contributed by atoms with E-state index in [4.69, 9.17) is 4.74 Å². The molecule has 0 aromatic heterocycles. The van der Waals surface area contributed by atoms with E-state index in [1.807, 2.05) is 19.1 Å². The molecule has 0 heterocycles. The van der Waals surface area contributed by atoms with Crippen LogP contribution in [0.5, 0.6) is 5.75 Å². The maximum absolute atomic E-state index is 4.96. The summed E-state index contributed by atoms with van der Waals surface area (Å²) in [5, 5.41) is 0. The van der Waals surface area contributed by atoms with E-state index >= 15 is 0 Å². The summed E-state index contributed by atoms with van der Waals surface area (Å²) < 4.78 is 4.96. The number of aryl methyl sites for hydroxylation is 1. The van der Waals surface area contributed by atoms with Crippen LogP contribution in [-0.2, 0) is 0 Å². The second-order valence-corrected chi connectivity index (χ2v) is 1.82. The number of hydrogen-bond donors (Lipinski definition) is 0. The third-order valence-electron chi connectivity index (χ3n) is 1.16. The number of rotatable bonds is 1. The zero-order valence-corrected chi connectivity index (χ0v) is 5.56. The highest BCUT2D eigenvalue weighted by molar-refractivity contribution is 5.26. The van der Waals surface area contributed by atoms with Crippen molar-refractivity contribution in [2.75, 3.05) is 7.11 Å². The second-order valence-electron chi connectivity index (χ2n) is 1.82. The van der Waals surface area contributed by atoms with Gasteiger partial charge in [0.2, 0.25) is 0 Å². The Morgan fingerprint density at radius 2 is 2.33 bits per heavy atom. The Bertz CT molecular complexity index is 194. The first kappa shape index (κ1) is 5.97. The highest BCUT2D eigenvalue weighted by atomic mass is 16.5. The Morgan fingerprint density at radius 3 is 2.78 bits per heavy atom. The van der Waals surface area contributed by atoms with Gasteiger partial charge in [0.15, 0.2) is 5.75 Å². The van der Waals surface area contributed by atoms with Gasteiger partial charge in [0.25, 0.3) is 0 Å². The summed E-state index contributed by atoms with van der Waals surface area (Å²) >= 11 is 0. The largest absolute Gasteiger partial charge is 0.488 e. The minimum absolute atomic E-state index is 0.775. The van der Waals surface area contributed by atoms with Crippen molar-refractivity contribution in [1.29, 1.82) is 0 Å². The second kappa shape index (κ2) is 2.41. The summed E-state index contributed by atoms with van der Waals surface area (Å²) in [4.78, 5) is 0. The molecule has 0 spiro atoms. The summed E-state index contributed by atoms with van der Waals surface area (Å²) in [5.41, 5.74) is 1.09. The van der Waals surface area contributed by atoms with Gasteiger partial charge in [0.05, 0.1) is 7.11 Å². The molecule has 0 unspecified atom stereocenters. The van der Waals surface area contributed by atoms with Crippen LogP contribution in [0.15, 0.2) is 12.1 Å². The van der Waals surface area contributed by atoms with Crippen molar-refractivity contribution in [1.82, 2.24) is 0 Å². The van der Waals surface area contributed by atoms with Crippen molar-refractivity contribution in [3.05, 3.63) is 29.8 Å². The molecule has 1 aromatic carbocycles. The Morgan fingerprint density at radius 1 is 1.56 bits per heavy atom. The maximum atomic E-state index is 4.96. The van der Waals surface area contributed by atoms with Gasteiger partial charge in [-0.05, 0) is 25.1 Å².